The number of hydrogen-bond acceptors (Lipinski definition) is 5. The molecular formula is C26H22N5O2+. The van der Waals surface area contributed by atoms with Gasteiger partial charge >= 0.3 is 5.82 Å². The maximum absolute atomic E-state index is 12.4. The molecule has 1 N–H and O–H groups in total. The summed E-state index contributed by atoms with van der Waals surface area (Å²) in [7, 11) is 0. The normalized spacial score (nSPS) is 10.9. The van der Waals surface area contributed by atoms with Gasteiger partial charge in [-0.15, -0.1) is 0 Å². The van der Waals surface area contributed by atoms with Crippen LogP contribution in [0.2, 0.25) is 0 Å². The summed E-state index contributed by atoms with van der Waals surface area (Å²) in [6.45, 7) is 0.660. The summed E-state index contributed by atoms with van der Waals surface area (Å²) in [6, 6.07) is 25.5. The van der Waals surface area contributed by atoms with E-state index < -0.39 is 0 Å². The molecule has 0 saturated heterocycles. The lowest BCUT2D eigenvalue weighted by Gasteiger charge is -2.07. The first-order valence-electron chi connectivity index (χ1n) is 10.7. The number of aromatic nitrogens is 5. The van der Waals surface area contributed by atoms with Gasteiger partial charge in [0.2, 0.25) is 0 Å². The van der Waals surface area contributed by atoms with Crippen molar-refractivity contribution in [2.45, 2.75) is 13.0 Å². The van der Waals surface area contributed by atoms with E-state index in [1.807, 2.05) is 77.6 Å². The summed E-state index contributed by atoms with van der Waals surface area (Å²) in [5, 5.41) is 13.2. The van der Waals surface area contributed by atoms with Gasteiger partial charge in [-0.25, -0.2) is 0 Å². The molecular weight excluding hydrogens is 414 g/mol. The van der Waals surface area contributed by atoms with Gasteiger partial charge in [-0.3, -0.25) is 9.78 Å². The van der Waals surface area contributed by atoms with E-state index in [9.17, 15) is 4.79 Å². The lowest BCUT2D eigenvalue weighted by molar-refractivity contribution is -0.736. The van der Waals surface area contributed by atoms with Crippen LogP contribution in [0.3, 0.4) is 0 Å². The molecule has 0 fully saturated rings. The van der Waals surface area contributed by atoms with Crippen molar-refractivity contribution in [1.82, 2.24) is 20.5 Å². The maximum Gasteiger partial charge on any atom is 0.332 e. The molecule has 0 spiro atoms. The molecule has 162 valence electrons. The number of nitrogens with one attached hydrogen (secondary N) is 1. The Balaban J connectivity index is 1.20. The standard InChI is InChI=1S/C26H21N5O2/c32-24(15-20-6-7-23-16-27-13-12-22(23)14-20)18-33-25-10-8-21(9-11-25)26-28-29-30-31(26)17-19-4-2-1-3-5-19/h1-14,16H,15,17-18H2/p+1. The molecule has 33 heavy (non-hydrogen) atoms. The number of Topliss-reactive ketones (excluding diaryl/α,β-unsaturated/α-hetero) is 1. The molecule has 7 nitrogen and oxygen atoms in total. The summed E-state index contributed by atoms with van der Waals surface area (Å²) in [4.78, 5) is 16.5. The van der Waals surface area contributed by atoms with Crippen molar-refractivity contribution >= 4 is 16.6 Å². The Hall–Kier alpha value is -4.39. The van der Waals surface area contributed by atoms with Crippen molar-refractivity contribution in [1.29, 1.82) is 0 Å². The summed E-state index contributed by atoms with van der Waals surface area (Å²) >= 11 is 0. The third kappa shape index (κ3) is 4.93. The Morgan fingerprint density at radius 2 is 1.76 bits per heavy atom. The fourth-order valence-electron chi connectivity index (χ4n) is 3.70. The van der Waals surface area contributed by atoms with Gasteiger partial charge in [0.15, 0.2) is 11.0 Å². The average Bonchev–Trinajstić information content (AvgIpc) is 3.32. The Kier molecular flexibility index (Phi) is 5.84. The molecule has 5 aromatic rings. The molecule has 0 radical (unpaired) electrons. The highest BCUT2D eigenvalue weighted by Crippen LogP contribution is 2.19. The van der Waals surface area contributed by atoms with E-state index in [0.717, 1.165) is 33.3 Å². The first-order chi connectivity index (χ1) is 16.2. The molecule has 0 atom stereocenters. The third-order valence-electron chi connectivity index (χ3n) is 5.37. The van der Waals surface area contributed by atoms with Crippen molar-refractivity contribution in [3.8, 4) is 17.1 Å². The van der Waals surface area contributed by atoms with Crippen molar-refractivity contribution < 1.29 is 14.2 Å². The molecule has 0 bridgehead atoms. The fraction of sp³-hybridized carbons (Fsp3) is 0.115. The highest BCUT2D eigenvalue weighted by atomic mass is 16.5. The second-order valence-corrected chi connectivity index (χ2v) is 7.78. The second-order valence-electron chi connectivity index (χ2n) is 7.78. The minimum atomic E-state index is 0.0182. The second kappa shape index (κ2) is 9.40. The van der Waals surface area contributed by atoms with Gasteiger partial charge < -0.3 is 4.74 Å². The average molecular weight is 436 g/mol. The summed E-state index contributed by atoms with van der Waals surface area (Å²) in [5.41, 5.74) is 3.02. The monoisotopic (exact) mass is 436 g/mol. The van der Waals surface area contributed by atoms with Gasteiger partial charge in [0.05, 0.1) is 5.56 Å². The molecule has 0 saturated carbocycles. The summed E-state index contributed by atoms with van der Waals surface area (Å²) in [5.74, 6) is 1.38. The number of ketones is 1. The lowest BCUT2D eigenvalue weighted by atomic mass is 10.1. The van der Waals surface area contributed by atoms with Crippen molar-refractivity contribution in [3.05, 3.63) is 102 Å². The Morgan fingerprint density at radius 3 is 2.61 bits per heavy atom. The van der Waals surface area contributed by atoms with Crippen LogP contribution >= 0.6 is 0 Å². The number of H-pyrrole nitrogens is 1. The minimum Gasteiger partial charge on any atom is -0.486 e. The van der Waals surface area contributed by atoms with Gasteiger partial charge in [0, 0.05) is 24.2 Å². The van der Waals surface area contributed by atoms with Crippen LogP contribution in [0.25, 0.3) is 22.2 Å². The number of fused-ring (bicyclic) bond motifs is 1. The van der Waals surface area contributed by atoms with Crippen LogP contribution in [0.15, 0.2) is 91.3 Å². The number of benzene rings is 3. The molecule has 0 aliphatic heterocycles. The molecule has 0 amide bonds. The quantitative estimate of drug-likeness (QED) is 0.376. The third-order valence-corrected chi connectivity index (χ3v) is 5.37. The van der Waals surface area contributed by atoms with Crippen molar-refractivity contribution in [3.63, 3.8) is 0 Å². The molecule has 0 unspecified atom stereocenters. The van der Waals surface area contributed by atoms with E-state index in [2.05, 4.69) is 32.6 Å². The Labute approximate surface area is 190 Å². The predicted octanol–water partition coefficient (Wildman–Crippen LogP) is 3.55. The van der Waals surface area contributed by atoms with Crippen LogP contribution in [0, 0.1) is 0 Å². The van der Waals surface area contributed by atoms with E-state index in [4.69, 9.17) is 4.74 Å². The summed E-state index contributed by atoms with van der Waals surface area (Å²) in [6.07, 6.45) is 3.90. The predicted molar refractivity (Wildman–Crippen MR) is 124 cm³/mol. The van der Waals surface area contributed by atoms with Crippen molar-refractivity contribution in [2.24, 2.45) is 0 Å². The number of hydrogen-bond donors (Lipinski definition) is 1. The zero-order chi connectivity index (χ0) is 22.5. The molecule has 3 aromatic carbocycles. The number of tetrazole rings is 1. The number of rotatable bonds is 8. The molecule has 2 heterocycles. The number of ether oxygens (including phenoxy) is 1. The lowest BCUT2D eigenvalue weighted by Crippen LogP contribution is -2.38. The fourth-order valence-corrected chi connectivity index (χ4v) is 3.70. The molecule has 5 rings (SSSR count). The summed E-state index contributed by atoms with van der Waals surface area (Å²) < 4.78 is 7.60. The highest BCUT2D eigenvalue weighted by Gasteiger charge is 2.17. The highest BCUT2D eigenvalue weighted by molar-refractivity contribution is 5.86. The molecule has 0 aliphatic carbocycles. The topological polar surface area (TPSA) is 84.6 Å². The maximum atomic E-state index is 12.4. The van der Waals surface area contributed by atoms with Gasteiger partial charge in [0.25, 0.3) is 0 Å². The minimum absolute atomic E-state index is 0.0182. The van der Waals surface area contributed by atoms with Crippen LogP contribution in [0.5, 0.6) is 5.75 Å². The van der Waals surface area contributed by atoms with E-state index in [0.29, 0.717) is 18.7 Å². The smallest absolute Gasteiger partial charge is 0.332 e. The molecule has 7 heteroatoms. The zero-order valence-corrected chi connectivity index (χ0v) is 17.9. The van der Waals surface area contributed by atoms with Crippen LogP contribution in [-0.4, -0.2) is 32.9 Å². The SMILES string of the molecule is O=C(COc1ccc(-c2nn[nH][n+]2Cc2ccccc2)cc1)Cc1ccc2cnccc2c1. The van der Waals surface area contributed by atoms with Gasteiger partial charge in [0.1, 0.15) is 24.0 Å². The van der Waals surface area contributed by atoms with E-state index >= 15 is 0 Å². The Bertz CT molecular complexity index is 1380. The number of aromatic amines is 1. The number of pyridine rings is 1. The Morgan fingerprint density at radius 1 is 0.909 bits per heavy atom. The zero-order valence-electron chi connectivity index (χ0n) is 17.9. The van der Waals surface area contributed by atoms with Crippen LogP contribution in [-0.2, 0) is 17.8 Å². The van der Waals surface area contributed by atoms with Crippen LogP contribution < -0.4 is 9.42 Å². The van der Waals surface area contributed by atoms with E-state index in [-0.39, 0.29) is 12.4 Å². The first-order valence-corrected chi connectivity index (χ1v) is 10.7. The van der Waals surface area contributed by atoms with Gasteiger partial charge in [-0.1, -0.05) is 53.7 Å². The first kappa shape index (κ1) is 20.5. The van der Waals surface area contributed by atoms with E-state index in [1.54, 1.807) is 6.20 Å². The van der Waals surface area contributed by atoms with Crippen molar-refractivity contribution in [2.75, 3.05) is 6.61 Å². The largest absolute Gasteiger partial charge is 0.486 e. The number of carbonyl (C=O) groups excluding carboxylic acids is 1. The van der Waals surface area contributed by atoms with Gasteiger partial charge in [-0.05, 0) is 46.8 Å². The molecule has 0 aliphatic rings. The van der Waals surface area contributed by atoms with Crippen LogP contribution in [0.4, 0.5) is 0 Å². The number of carbonyl (C=O) groups is 1. The number of nitrogens with zero attached hydrogens (tertiary/aromatic N) is 4. The van der Waals surface area contributed by atoms with E-state index in [1.165, 1.54) is 0 Å². The van der Waals surface area contributed by atoms with Crippen LogP contribution in [0.1, 0.15) is 11.1 Å². The van der Waals surface area contributed by atoms with Gasteiger partial charge in [-0.2, -0.15) is 4.68 Å². The molecule has 2 aromatic heterocycles.